The summed E-state index contributed by atoms with van der Waals surface area (Å²) in [5.74, 6) is 1.25. The zero-order valence-electron chi connectivity index (χ0n) is 19.9. The van der Waals surface area contributed by atoms with Crippen molar-refractivity contribution in [1.82, 2.24) is 20.2 Å². The van der Waals surface area contributed by atoms with E-state index in [0.29, 0.717) is 16.5 Å². The van der Waals surface area contributed by atoms with Gasteiger partial charge in [-0.25, -0.2) is 5.43 Å². The van der Waals surface area contributed by atoms with Crippen molar-refractivity contribution in [2.24, 2.45) is 5.10 Å². The molecular formula is C28H23N5O3S. The third-order valence-corrected chi connectivity index (χ3v) is 6.59. The first kappa shape index (κ1) is 24.1. The van der Waals surface area contributed by atoms with Gasteiger partial charge in [-0.15, -0.1) is 10.2 Å². The van der Waals surface area contributed by atoms with Gasteiger partial charge in [0.15, 0.2) is 11.0 Å². The van der Waals surface area contributed by atoms with Crippen LogP contribution in [0.1, 0.15) is 5.56 Å². The number of carbonyl (C=O) groups excluding carboxylic acids is 1. The molecule has 0 saturated heterocycles. The van der Waals surface area contributed by atoms with Crippen molar-refractivity contribution in [2.45, 2.75) is 5.16 Å². The van der Waals surface area contributed by atoms with Gasteiger partial charge in [0.1, 0.15) is 11.5 Å². The molecule has 2 N–H and O–H groups in total. The van der Waals surface area contributed by atoms with Crippen LogP contribution in [0.25, 0.3) is 27.8 Å². The number of rotatable bonds is 8. The smallest absolute Gasteiger partial charge is 0.250 e. The molecule has 5 rings (SSSR count). The van der Waals surface area contributed by atoms with Crippen LogP contribution in [0, 0.1) is 0 Å². The van der Waals surface area contributed by atoms with Crippen LogP contribution in [-0.2, 0) is 4.79 Å². The van der Waals surface area contributed by atoms with E-state index in [0.717, 1.165) is 27.8 Å². The zero-order chi connectivity index (χ0) is 25.6. The first-order valence-electron chi connectivity index (χ1n) is 11.4. The number of amides is 1. The van der Waals surface area contributed by atoms with Crippen LogP contribution in [0.5, 0.6) is 11.5 Å². The lowest BCUT2D eigenvalue weighted by Gasteiger charge is -2.11. The van der Waals surface area contributed by atoms with Crippen molar-refractivity contribution in [2.75, 3.05) is 12.9 Å². The predicted octanol–water partition coefficient (Wildman–Crippen LogP) is 5.04. The topological polar surface area (TPSA) is 102 Å². The number of methoxy groups -OCH3 is 1. The van der Waals surface area contributed by atoms with Crippen molar-refractivity contribution in [3.63, 3.8) is 0 Å². The fraction of sp³-hybridized carbons (Fsp3) is 0.0714. The second-order valence-corrected chi connectivity index (χ2v) is 8.95. The van der Waals surface area contributed by atoms with Gasteiger partial charge in [-0.05, 0) is 41.1 Å². The highest BCUT2D eigenvalue weighted by atomic mass is 32.2. The molecule has 1 amide bonds. The summed E-state index contributed by atoms with van der Waals surface area (Å²) in [7, 11) is 1.62. The average Bonchev–Trinajstić information content (AvgIpc) is 3.37. The molecule has 0 aliphatic heterocycles. The van der Waals surface area contributed by atoms with Crippen LogP contribution in [-0.4, -0.2) is 44.9 Å². The largest absolute Gasteiger partial charge is 0.507 e. The number of fused-ring (bicyclic) bond motifs is 1. The van der Waals surface area contributed by atoms with E-state index in [1.807, 2.05) is 89.5 Å². The molecule has 0 bridgehead atoms. The maximum atomic E-state index is 12.6. The Kier molecular flexibility index (Phi) is 7.14. The molecule has 0 fully saturated rings. The maximum absolute atomic E-state index is 12.6. The van der Waals surface area contributed by atoms with Crippen molar-refractivity contribution < 1.29 is 14.6 Å². The van der Waals surface area contributed by atoms with Crippen LogP contribution in [0.15, 0.2) is 101 Å². The van der Waals surface area contributed by atoms with Crippen molar-refractivity contribution in [3.8, 4) is 28.6 Å². The molecule has 37 heavy (non-hydrogen) atoms. The van der Waals surface area contributed by atoms with E-state index in [4.69, 9.17) is 4.74 Å². The second kappa shape index (κ2) is 11.0. The van der Waals surface area contributed by atoms with Crippen molar-refractivity contribution >= 4 is 34.7 Å². The Morgan fingerprint density at radius 3 is 2.54 bits per heavy atom. The summed E-state index contributed by atoms with van der Waals surface area (Å²) in [6.45, 7) is 0. The first-order chi connectivity index (χ1) is 18.1. The van der Waals surface area contributed by atoms with Crippen LogP contribution >= 0.6 is 11.8 Å². The van der Waals surface area contributed by atoms with Gasteiger partial charge in [0.05, 0.1) is 19.1 Å². The summed E-state index contributed by atoms with van der Waals surface area (Å²) < 4.78 is 7.19. The molecular weight excluding hydrogens is 486 g/mol. The quantitative estimate of drug-likeness (QED) is 0.173. The molecule has 4 aromatic carbocycles. The minimum atomic E-state index is -0.313. The Balaban J connectivity index is 1.33. The molecule has 9 heteroatoms. The lowest BCUT2D eigenvalue weighted by molar-refractivity contribution is -0.118. The normalized spacial score (nSPS) is 11.2. The molecule has 184 valence electrons. The summed E-state index contributed by atoms with van der Waals surface area (Å²) in [5.41, 5.74) is 4.82. The summed E-state index contributed by atoms with van der Waals surface area (Å²) in [6.07, 6.45) is 1.45. The number of hydrazone groups is 1. The van der Waals surface area contributed by atoms with Crippen LogP contribution < -0.4 is 10.2 Å². The first-order valence-corrected chi connectivity index (χ1v) is 12.4. The Morgan fingerprint density at radius 1 is 1.00 bits per heavy atom. The van der Waals surface area contributed by atoms with Gasteiger partial charge in [-0.3, -0.25) is 9.36 Å². The fourth-order valence-electron chi connectivity index (χ4n) is 3.85. The Morgan fingerprint density at radius 2 is 1.76 bits per heavy atom. The Hall–Kier alpha value is -4.63. The molecule has 0 aliphatic rings. The lowest BCUT2D eigenvalue weighted by Crippen LogP contribution is -2.20. The monoisotopic (exact) mass is 509 g/mol. The van der Waals surface area contributed by atoms with Gasteiger partial charge in [0.2, 0.25) is 0 Å². The number of nitrogens with one attached hydrogen (secondary N) is 1. The van der Waals surface area contributed by atoms with E-state index >= 15 is 0 Å². The Bertz CT molecular complexity index is 1570. The lowest BCUT2D eigenvalue weighted by atomic mass is 10.0. The molecule has 0 aliphatic carbocycles. The third-order valence-electron chi connectivity index (χ3n) is 5.66. The highest BCUT2D eigenvalue weighted by Crippen LogP contribution is 2.29. The molecule has 1 heterocycles. The predicted molar refractivity (Wildman–Crippen MR) is 145 cm³/mol. The van der Waals surface area contributed by atoms with Gasteiger partial charge in [-0.2, -0.15) is 5.10 Å². The molecule has 0 radical (unpaired) electrons. The van der Waals surface area contributed by atoms with E-state index in [1.54, 1.807) is 13.2 Å². The molecule has 0 unspecified atom stereocenters. The molecule has 0 spiro atoms. The number of hydrogen-bond acceptors (Lipinski definition) is 7. The summed E-state index contributed by atoms with van der Waals surface area (Å²) in [4.78, 5) is 12.6. The highest BCUT2D eigenvalue weighted by Gasteiger charge is 2.17. The number of aromatic nitrogens is 3. The van der Waals surface area contributed by atoms with Gasteiger partial charge in [0.25, 0.3) is 5.91 Å². The number of carbonyl (C=O) groups is 1. The number of nitrogens with zero attached hydrogens (tertiary/aromatic N) is 4. The number of thioether (sulfide) groups is 1. The van der Waals surface area contributed by atoms with E-state index in [-0.39, 0.29) is 17.4 Å². The number of phenolic OH excluding ortho intramolecular Hbond substituents is 1. The number of hydrogen-bond donors (Lipinski definition) is 2. The van der Waals surface area contributed by atoms with Crippen molar-refractivity contribution in [1.29, 1.82) is 0 Å². The SMILES string of the molecule is COc1ccc(-n2c(SCC(=O)N/N=C\c3c(O)ccc4ccccc34)nnc2-c2ccccc2)cc1. The number of aromatic hydroxyl groups is 1. The third kappa shape index (κ3) is 5.31. The van der Waals surface area contributed by atoms with Gasteiger partial charge in [0, 0.05) is 16.8 Å². The minimum Gasteiger partial charge on any atom is -0.507 e. The van der Waals surface area contributed by atoms with Gasteiger partial charge >= 0.3 is 0 Å². The fourth-order valence-corrected chi connectivity index (χ4v) is 4.60. The van der Waals surface area contributed by atoms with E-state index in [9.17, 15) is 9.90 Å². The average molecular weight is 510 g/mol. The second-order valence-electron chi connectivity index (χ2n) is 8.01. The molecule has 1 aromatic heterocycles. The van der Waals surface area contributed by atoms with E-state index in [2.05, 4.69) is 20.7 Å². The number of benzene rings is 4. The number of phenols is 1. The van der Waals surface area contributed by atoms with Gasteiger partial charge < -0.3 is 9.84 Å². The Labute approximate surface area is 217 Å². The van der Waals surface area contributed by atoms with Crippen LogP contribution in [0.2, 0.25) is 0 Å². The molecule has 0 atom stereocenters. The van der Waals surface area contributed by atoms with Gasteiger partial charge in [-0.1, -0.05) is 72.4 Å². The van der Waals surface area contributed by atoms with Crippen LogP contribution in [0.3, 0.4) is 0 Å². The summed E-state index contributed by atoms with van der Waals surface area (Å²) >= 11 is 1.25. The highest BCUT2D eigenvalue weighted by molar-refractivity contribution is 7.99. The van der Waals surface area contributed by atoms with E-state index < -0.39 is 0 Å². The molecule has 5 aromatic rings. The molecule has 8 nitrogen and oxygen atoms in total. The van der Waals surface area contributed by atoms with E-state index in [1.165, 1.54) is 18.0 Å². The maximum Gasteiger partial charge on any atom is 0.250 e. The van der Waals surface area contributed by atoms with Crippen LogP contribution in [0.4, 0.5) is 0 Å². The molecule has 0 saturated carbocycles. The standard InChI is InChI=1S/C28H23N5O3S/c1-36-22-14-12-21(13-15-22)33-27(20-8-3-2-4-9-20)31-32-28(33)37-18-26(35)30-29-17-24-23-10-6-5-7-19(23)11-16-25(24)34/h2-17,34H,18H2,1H3,(H,30,35)/b29-17-. The zero-order valence-corrected chi connectivity index (χ0v) is 20.7. The summed E-state index contributed by atoms with van der Waals surface area (Å²) in [5, 5.41) is 25.4. The summed E-state index contributed by atoms with van der Waals surface area (Å²) in [6, 6.07) is 28.4. The van der Waals surface area contributed by atoms with Crippen molar-refractivity contribution in [3.05, 3.63) is 96.6 Å². The minimum absolute atomic E-state index is 0.0714. The number of ether oxygens (including phenoxy) is 1.